The van der Waals surface area contributed by atoms with Crippen molar-refractivity contribution in [2.75, 3.05) is 39.8 Å². The van der Waals surface area contributed by atoms with E-state index >= 15 is 0 Å². The summed E-state index contributed by atoms with van der Waals surface area (Å²) < 4.78 is 5.41. The molecule has 0 aromatic heterocycles. The molecule has 3 unspecified atom stereocenters. The quantitative estimate of drug-likeness (QED) is 0.794. The summed E-state index contributed by atoms with van der Waals surface area (Å²) in [4.78, 5) is 29.3. The van der Waals surface area contributed by atoms with Gasteiger partial charge < -0.3 is 19.6 Å². The van der Waals surface area contributed by atoms with E-state index in [2.05, 4.69) is 25.8 Å². The average Bonchev–Trinajstić information content (AvgIpc) is 2.43. The van der Waals surface area contributed by atoms with Crippen LogP contribution in [0, 0.1) is 0 Å². The van der Waals surface area contributed by atoms with Crippen LogP contribution in [0.25, 0.3) is 0 Å². The zero-order valence-corrected chi connectivity index (χ0v) is 13.0. The number of morpholine rings is 1. The summed E-state index contributed by atoms with van der Waals surface area (Å²) in [5.74, 6) is -0.892. The van der Waals surface area contributed by atoms with Crippen LogP contribution in [-0.2, 0) is 9.53 Å². The number of aliphatic carboxylic acids is 1. The predicted octanol–water partition coefficient (Wildman–Crippen LogP) is 0.306. The van der Waals surface area contributed by atoms with Crippen molar-refractivity contribution in [3.05, 3.63) is 0 Å². The molecule has 0 aromatic rings. The number of hydrogen-bond acceptors (Lipinski definition) is 4. The smallest absolute Gasteiger partial charge is 0.320 e. The molecule has 21 heavy (non-hydrogen) atoms. The number of ether oxygens (including phenoxy) is 1. The van der Waals surface area contributed by atoms with E-state index < -0.39 is 12.1 Å². The van der Waals surface area contributed by atoms with Gasteiger partial charge in [-0.25, -0.2) is 4.79 Å². The number of carbonyl (C=O) groups is 2. The lowest BCUT2D eigenvalue weighted by Gasteiger charge is -2.44. The highest BCUT2D eigenvalue weighted by Gasteiger charge is 2.34. The number of carboxylic acid groups (broad SMARTS) is 1. The van der Waals surface area contributed by atoms with Gasteiger partial charge in [-0.05, 0) is 20.9 Å². The first-order valence-electron chi connectivity index (χ1n) is 7.47. The minimum absolute atomic E-state index is 0.000453. The summed E-state index contributed by atoms with van der Waals surface area (Å²) in [6.07, 6.45) is -0.457. The van der Waals surface area contributed by atoms with E-state index in [1.807, 2.05) is 4.90 Å². The highest BCUT2D eigenvalue weighted by Crippen LogP contribution is 2.17. The number of carbonyl (C=O) groups excluding carboxylic acids is 1. The zero-order valence-electron chi connectivity index (χ0n) is 13.0. The van der Waals surface area contributed by atoms with Crippen molar-refractivity contribution >= 4 is 12.0 Å². The number of amides is 2. The van der Waals surface area contributed by atoms with Crippen molar-refractivity contribution in [1.29, 1.82) is 0 Å². The molecule has 3 atom stereocenters. The molecule has 2 heterocycles. The average molecular weight is 299 g/mol. The van der Waals surface area contributed by atoms with Gasteiger partial charge in [0, 0.05) is 38.3 Å². The second kappa shape index (κ2) is 6.62. The van der Waals surface area contributed by atoms with Crippen molar-refractivity contribution in [2.45, 2.75) is 38.5 Å². The third-order valence-electron chi connectivity index (χ3n) is 4.44. The van der Waals surface area contributed by atoms with Gasteiger partial charge >= 0.3 is 12.0 Å². The number of urea groups is 1. The number of rotatable bonds is 2. The Hall–Kier alpha value is -1.34. The van der Waals surface area contributed by atoms with Crippen LogP contribution in [0.5, 0.6) is 0 Å². The van der Waals surface area contributed by atoms with Gasteiger partial charge in [0.1, 0.15) is 0 Å². The van der Waals surface area contributed by atoms with Gasteiger partial charge in [-0.2, -0.15) is 0 Å². The third kappa shape index (κ3) is 3.85. The summed E-state index contributed by atoms with van der Waals surface area (Å²) >= 11 is 0. The van der Waals surface area contributed by atoms with Crippen LogP contribution in [0.4, 0.5) is 4.79 Å². The molecule has 2 fully saturated rings. The summed E-state index contributed by atoms with van der Waals surface area (Å²) in [7, 11) is 2.08. The number of piperazine rings is 1. The van der Waals surface area contributed by atoms with Gasteiger partial charge in [0.2, 0.25) is 0 Å². The van der Waals surface area contributed by atoms with Gasteiger partial charge in [0.05, 0.1) is 19.1 Å². The van der Waals surface area contributed by atoms with Crippen LogP contribution >= 0.6 is 0 Å². The van der Waals surface area contributed by atoms with E-state index in [0.29, 0.717) is 44.9 Å². The minimum atomic E-state index is -0.892. The van der Waals surface area contributed by atoms with Crippen molar-refractivity contribution < 1.29 is 19.4 Å². The SMILES string of the molecule is CC1CN(C(=O)N2CCOC(CC(=O)O)C2)CC(C)N1C. The van der Waals surface area contributed by atoms with E-state index in [0.717, 1.165) is 0 Å². The summed E-state index contributed by atoms with van der Waals surface area (Å²) in [5, 5.41) is 8.84. The Morgan fingerprint density at radius 2 is 1.76 bits per heavy atom. The lowest BCUT2D eigenvalue weighted by molar-refractivity contribution is -0.141. The minimum Gasteiger partial charge on any atom is -0.481 e. The van der Waals surface area contributed by atoms with E-state index in [1.54, 1.807) is 4.90 Å². The molecule has 0 saturated carbocycles. The Kier molecular flexibility index (Phi) is 5.05. The molecule has 0 radical (unpaired) electrons. The summed E-state index contributed by atoms with van der Waals surface area (Å²) in [5.41, 5.74) is 0. The van der Waals surface area contributed by atoms with Crippen LogP contribution in [0.15, 0.2) is 0 Å². The maximum absolute atomic E-state index is 12.6. The fraction of sp³-hybridized carbons (Fsp3) is 0.857. The molecule has 0 bridgehead atoms. The number of likely N-dealkylation sites (N-methyl/N-ethyl adjacent to an activating group) is 1. The van der Waals surface area contributed by atoms with Crippen molar-refractivity contribution in [1.82, 2.24) is 14.7 Å². The molecule has 120 valence electrons. The highest BCUT2D eigenvalue weighted by molar-refractivity contribution is 5.75. The van der Waals surface area contributed by atoms with Crippen LogP contribution in [0.1, 0.15) is 20.3 Å². The first-order chi connectivity index (χ1) is 9.88. The van der Waals surface area contributed by atoms with Crippen LogP contribution in [-0.4, -0.2) is 89.8 Å². The number of nitrogens with zero attached hydrogens (tertiary/aromatic N) is 3. The summed E-state index contributed by atoms with van der Waals surface area (Å²) in [6, 6.07) is 0.655. The molecule has 2 aliphatic rings. The molecule has 2 rings (SSSR count). The molecular weight excluding hydrogens is 274 g/mol. The maximum atomic E-state index is 12.6. The van der Waals surface area contributed by atoms with Crippen LogP contribution in [0.3, 0.4) is 0 Å². The third-order valence-corrected chi connectivity index (χ3v) is 4.44. The molecule has 2 saturated heterocycles. The molecule has 2 aliphatic heterocycles. The molecular formula is C14H25N3O4. The Morgan fingerprint density at radius 3 is 2.33 bits per heavy atom. The molecule has 2 amide bonds. The predicted molar refractivity (Wildman–Crippen MR) is 77.2 cm³/mol. The van der Waals surface area contributed by atoms with Gasteiger partial charge in [-0.3, -0.25) is 9.69 Å². The molecule has 0 aliphatic carbocycles. The van der Waals surface area contributed by atoms with E-state index in [1.165, 1.54) is 0 Å². The summed E-state index contributed by atoms with van der Waals surface area (Å²) in [6.45, 7) is 6.94. The largest absolute Gasteiger partial charge is 0.481 e. The van der Waals surface area contributed by atoms with Gasteiger partial charge in [0.15, 0.2) is 0 Å². The molecule has 7 nitrogen and oxygen atoms in total. The lowest BCUT2D eigenvalue weighted by atomic mass is 10.1. The fourth-order valence-corrected chi connectivity index (χ4v) is 2.97. The molecule has 7 heteroatoms. The fourth-order valence-electron chi connectivity index (χ4n) is 2.97. The normalized spacial score (nSPS) is 31.3. The monoisotopic (exact) mass is 299 g/mol. The second-order valence-electron chi connectivity index (χ2n) is 6.09. The molecule has 1 N–H and O–H groups in total. The topological polar surface area (TPSA) is 73.3 Å². The standard InChI is InChI=1S/C14H25N3O4/c1-10-7-17(8-11(2)15(10)3)14(20)16-4-5-21-12(9-16)6-13(18)19/h10-12H,4-9H2,1-3H3,(H,18,19). The second-order valence-corrected chi connectivity index (χ2v) is 6.09. The number of hydrogen-bond donors (Lipinski definition) is 1. The van der Waals surface area contributed by atoms with Crippen LogP contribution in [0.2, 0.25) is 0 Å². The first-order valence-corrected chi connectivity index (χ1v) is 7.47. The van der Waals surface area contributed by atoms with Gasteiger partial charge in [0.25, 0.3) is 0 Å². The van der Waals surface area contributed by atoms with Gasteiger partial charge in [-0.15, -0.1) is 0 Å². The Bertz CT molecular complexity index is 392. The first kappa shape index (κ1) is 16.0. The van der Waals surface area contributed by atoms with E-state index in [9.17, 15) is 9.59 Å². The lowest BCUT2D eigenvalue weighted by Crippen LogP contribution is -2.60. The van der Waals surface area contributed by atoms with Crippen molar-refractivity contribution in [3.8, 4) is 0 Å². The highest BCUT2D eigenvalue weighted by atomic mass is 16.5. The van der Waals surface area contributed by atoms with E-state index in [4.69, 9.17) is 9.84 Å². The Balaban J connectivity index is 1.94. The zero-order chi connectivity index (χ0) is 15.6. The Morgan fingerprint density at radius 1 is 1.14 bits per heavy atom. The maximum Gasteiger partial charge on any atom is 0.320 e. The molecule has 0 aromatic carbocycles. The van der Waals surface area contributed by atoms with Crippen molar-refractivity contribution in [2.24, 2.45) is 0 Å². The number of carboxylic acids is 1. The van der Waals surface area contributed by atoms with Gasteiger partial charge in [-0.1, -0.05) is 0 Å². The van der Waals surface area contributed by atoms with E-state index in [-0.39, 0.29) is 12.5 Å². The Labute approximate surface area is 125 Å². The molecule has 0 spiro atoms. The van der Waals surface area contributed by atoms with Crippen molar-refractivity contribution in [3.63, 3.8) is 0 Å². The van der Waals surface area contributed by atoms with Crippen LogP contribution < -0.4 is 0 Å².